The quantitative estimate of drug-likeness (QED) is 0.714. The van der Waals surface area contributed by atoms with Crippen molar-refractivity contribution in [3.8, 4) is 5.69 Å². The Labute approximate surface area is 141 Å². The molecule has 0 atom stereocenters. The SMILES string of the molecule is O=S(=O)(NCc1cn(-c2ccncc2)nn1)c1ccc(Br)cc1. The maximum Gasteiger partial charge on any atom is 0.240 e. The van der Waals surface area contributed by atoms with Gasteiger partial charge in [-0.3, -0.25) is 4.98 Å². The smallest absolute Gasteiger partial charge is 0.240 e. The summed E-state index contributed by atoms with van der Waals surface area (Å²) in [6.45, 7) is 0.0590. The summed E-state index contributed by atoms with van der Waals surface area (Å²) in [7, 11) is -3.59. The molecule has 23 heavy (non-hydrogen) atoms. The van der Waals surface area contributed by atoms with Crippen LogP contribution in [0.15, 0.2) is 64.4 Å². The van der Waals surface area contributed by atoms with E-state index in [0.29, 0.717) is 5.69 Å². The zero-order valence-corrected chi connectivity index (χ0v) is 14.2. The van der Waals surface area contributed by atoms with E-state index in [9.17, 15) is 8.42 Å². The Morgan fingerprint density at radius 2 is 1.78 bits per heavy atom. The molecule has 2 heterocycles. The fourth-order valence-corrected chi connectivity index (χ4v) is 3.13. The van der Waals surface area contributed by atoms with Gasteiger partial charge in [0.1, 0.15) is 0 Å². The monoisotopic (exact) mass is 393 g/mol. The van der Waals surface area contributed by atoms with Crippen LogP contribution >= 0.6 is 15.9 Å². The van der Waals surface area contributed by atoms with E-state index in [2.05, 4.69) is 35.9 Å². The minimum atomic E-state index is -3.59. The van der Waals surface area contributed by atoms with Crippen molar-refractivity contribution in [1.82, 2.24) is 24.7 Å². The molecule has 0 saturated carbocycles. The predicted octanol–water partition coefficient (Wildman–Crippen LogP) is 1.90. The molecule has 0 saturated heterocycles. The van der Waals surface area contributed by atoms with Gasteiger partial charge in [0.15, 0.2) is 0 Å². The third-order valence-electron chi connectivity index (χ3n) is 3.04. The van der Waals surface area contributed by atoms with Crippen LogP contribution in [0.2, 0.25) is 0 Å². The molecule has 2 aromatic heterocycles. The Kier molecular flexibility index (Phi) is 4.51. The first kappa shape index (κ1) is 15.8. The van der Waals surface area contributed by atoms with Crippen LogP contribution in [-0.2, 0) is 16.6 Å². The standard InChI is InChI=1S/C14H12BrN5O2S/c15-11-1-3-14(4-2-11)23(21,22)17-9-12-10-20(19-18-12)13-5-7-16-8-6-13/h1-8,10,17H,9H2. The van der Waals surface area contributed by atoms with Gasteiger partial charge in [0, 0.05) is 16.9 Å². The molecule has 118 valence electrons. The van der Waals surface area contributed by atoms with Crippen molar-refractivity contribution >= 4 is 26.0 Å². The summed E-state index contributed by atoms with van der Waals surface area (Å²) < 4.78 is 29.3. The van der Waals surface area contributed by atoms with Crippen LogP contribution < -0.4 is 4.72 Å². The Balaban J connectivity index is 1.71. The van der Waals surface area contributed by atoms with Gasteiger partial charge in [-0.25, -0.2) is 17.8 Å². The van der Waals surface area contributed by atoms with E-state index in [0.717, 1.165) is 10.2 Å². The second-order valence-corrected chi connectivity index (χ2v) is 7.32. The molecular formula is C14H12BrN5O2S. The molecule has 0 aliphatic carbocycles. The van der Waals surface area contributed by atoms with E-state index in [4.69, 9.17) is 0 Å². The summed E-state index contributed by atoms with van der Waals surface area (Å²) in [6, 6.07) is 9.97. The number of aromatic nitrogens is 4. The molecule has 0 radical (unpaired) electrons. The summed E-state index contributed by atoms with van der Waals surface area (Å²) in [5, 5.41) is 7.93. The number of hydrogen-bond acceptors (Lipinski definition) is 5. The van der Waals surface area contributed by atoms with Crippen molar-refractivity contribution in [2.75, 3.05) is 0 Å². The highest BCUT2D eigenvalue weighted by Gasteiger charge is 2.14. The topological polar surface area (TPSA) is 89.8 Å². The molecule has 0 aliphatic heterocycles. The van der Waals surface area contributed by atoms with Crippen LogP contribution in [0.25, 0.3) is 5.69 Å². The molecule has 9 heteroatoms. The molecule has 3 aromatic rings. The lowest BCUT2D eigenvalue weighted by Crippen LogP contribution is -2.23. The number of benzene rings is 1. The predicted molar refractivity (Wildman–Crippen MR) is 87.3 cm³/mol. The van der Waals surface area contributed by atoms with Gasteiger partial charge >= 0.3 is 0 Å². The number of sulfonamides is 1. The molecule has 0 amide bonds. The van der Waals surface area contributed by atoms with Crippen molar-refractivity contribution in [1.29, 1.82) is 0 Å². The summed E-state index contributed by atoms with van der Waals surface area (Å²) in [5.74, 6) is 0. The first-order valence-electron chi connectivity index (χ1n) is 6.61. The van der Waals surface area contributed by atoms with Crippen LogP contribution in [-0.4, -0.2) is 28.4 Å². The molecule has 7 nitrogen and oxygen atoms in total. The maximum absolute atomic E-state index is 12.2. The van der Waals surface area contributed by atoms with E-state index in [-0.39, 0.29) is 11.4 Å². The fraction of sp³-hybridized carbons (Fsp3) is 0.0714. The highest BCUT2D eigenvalue weighted by Crippen LogP contribution is 2.14. The number of pyridine rings is 1. The lowest BCUT2D eigenvalue weighted by Gasteiger charge is -2.05. The van der Waals surface area contributed by atoms with E-state index in [1.807, 2.05) is 0 Å². The maximum atomic E-state index is 12.2. The van der Waals surface area contributed by atoms with Gasteiger partial charge in [-0.15, -0.1) is 5.10 Å². The van der Waals surface area contributed by atoms with Gasteiger partial charge in [-0.2, -0.15) is 0 Å². The largest absolute Gasteiger partial charge is 0.265 e. The number of rotatable bonds is 5. The first-order valence-corrected chi connectivity index (χ1v) is 8.89. The zero-order valence-electron chi connectivity index (χ0n) is 11.8. The Hall–Kier alpha value is -2.10. The molecule has 0 bridgehead atoms. The van der Waals surface area contributed by atoms with E-state index >= 15 is 0 Å². The normalized spacial score (nSPS) is 11.5. The van der Waals surface area contributed by atoms with Crippen LogP contribution in [0.4, 0.5) is 0 Å². The van der Waals surface area contributed by atoms with Crippen molar-refractivity contribution < 1.29 is 8.42 Å². The Bertz CT molecular complexity index is 894. The van der Waals surface area contributed by atoms with Gasteiger partial charge in [-0.05, 0) is 36.4 Å². The summed E-state index contributed by atoms with van der Waals surface area (Å²) in [5.41, 5.74) is 1.32. The van der Waals surface area contributed by atoms with Gasteiger partial charge in [-0.1, -0.05) is 21.1 Å². The zero-order chi connectivity index (χ0) is 16.3. The number of nitrogens with one attached hydrogen (secondary N) is 1. The third-order valence-corrected chi connectivity index (χ3v) is 4.98. The Morgan fingerprint density at radius 3 is 2.48 bits per heavy atom. The van der Waals surface area contributed by atoms with E-state index in [1.165, 1.54) is 12.1 Å². The molecule has 0 aliphatic rings. The van der Waals surface area contributed by atoms with Crippen LogP contribution in [0.5, 0.6) is 0 Å². The number of hydrogen-bond donors (Lipinski definition) is 1. The highest BCUT2D eigenvalue weighted by molar-refractivity contribution is 9.10. The summed E-state index contributed by atoms with van der Waals surface area (Å²) in [6.07, 6.45) is 4.96. The van der Waals surface area contributed by atoms with E-state index < -0.39 is 10.0 Å². The molecule has 3 rings (SSSR count). The van der Waals surface area contributed by atoms with Crippen molar-refractivity contribution in [3.63, 3.8) is 0 Å². The average Bonchev–Trinajstić information content (AvgIpc) is 3.03. The number of halogens is 1. The first-order chi connectivity index (χ1) is 11.0. The lowest BCUT2D eigenvalue weighted by molar-refractivity contribution is 0.580. The van der Waals surface area contributed by atoms with Gasteiger partial charge in [0.2, 0.25) is 10.0 Å². The average molecular weight is 394 g/mol. The van der Waals surface area contributed by atoms with Crippen molar-refractivity contribution in [2.45, 2.75) is 11.4 Å². The van der Waals surface area contributed by atoms with Crippen LogP contribution in [0, 0.1) is 0 Å². The molecule has 0 fully saturated rings. The molecule has 0 spiro atoms. The van der Waals surface area contributed by atoms with Gasteiger partial charge in [0.25, 0.3) is 0 Å². The molecular weight excluding hydrogens is 382 g/mol. The van der Waals surface area contributed by atoms with Gasteiger partial charge in [0.05, 0.1) is 29.0 Å². The Morgan fingerprint density at radius 1 is 1.09 bits per heavy atom. The number of nitrogens with zero attached hydrogens (tertiary/aromatic N) is 4. The lowest BCUT2D eigenvalue weighted by atomic mass is 10.4. The second kappa shape index (κ2) is 6.57. The minimum Gasteiger partial charge on any atom is -0.265 e. The summed E-state index contributed by atoms with van der Waals surface area (Å²) in [4.78, 5) is 4.13. The molecule has 1 aromatic carbocycles. The van der Waals surface area contributed by atoms with Crippen LogP contribution in [0.3, 0.4) is 0 Å². The molecule has 1 N–H and O–H groups in total. The van der Waals surface area contributed by atoms with Crippen molar-refractivity contribution in [3.05, 3.63) is 65.2 Å². The summed E-state index contributed by atoms with van der Waals surface area (Å²) >= 11 is 3.27. The molecule has 0 unspecified atom stereocenters. The van der Waals surface area contributed by atoms with Crippen molar-refractivity contribution in [2.24, 2.45) is 0 Å². The highest BCUT2D eigenvalue weighted by atomic mass is 79.9. The second-order valence-electron chi connectivity index (χ2n) is 4.64. The fourth-order valence-electron chi connectivity index (χ4n) is 1.87. The van der Waals surface area contributed by atoms with Gasteiger partial charge < -0.3 is 0 Å². The van der Waals surface area contributed by atoms with E-state index in [1.54, 1.807) is 47.5 Å². The van der Waals surface area contributed by atoms with Crippen LogP contribution in [0.1, 0.15) is 5.69 Å². The minimum absolute atomic E-state index is 0.0590. The third kappa shape index (κ3) is 3.81.